The second kappa shape index (κ2) is 7.50. The lowest BCUT2D eigenvalue weighted by Gasteiger charge is -2.30. The van der Waals surface area contributed by atoms with Crippen molar-refractivity contribution in [1.29, 1.82) is 0 Å². The number of carbonyl (C=O) groups is 1. The van der Waals surface area contributed by atoms with Crippen LogP contribution in [0.2, 0.25) is 0 Å². The Bertz CT molecular complexity index is 847. The molecule has 132 valence electrons. The van der Waals surface area contributed by atoms with Gasteiger partial charge in [0.1, 0.15) is 0 Å². The second-order valence-corrected chi connectivity index (χ2v) is 7.98. The molecule has 0 N–H and O–H groups in total. The number of benzene rings is 2. The summed E-state index contributed by atoms with van der Waals surface area (Å²) in [6.45, 7) is 4.29. The van der Waals surface area contributed by atoms with Gasteiger partial charge in [-0.1, -0.05) is 61.5 Å². The van der Waals surface area contributed by atoms with Crippen molar-refractivity contribution in [3.63, 3.8) is 0 Å². The summed E-state index contributed by atoms with van der Waals surface area (Å²) in [6.07, 6.45) is 4.30. The Labute approximate surface area is 158 Å². The topological polar surface area (TPSA) is 32.7 Å². The van der Waals surface area contributed by atoms with Crippen LogP contribution in [0.3, 0.4) is 0 Å². The number of rotatable bonds is 2. The van der Waals surface area contributed by atoms with Crippen LogP contribution in [0.25, 0.3) is 17.2 Å². The van der Waals surface area contributed by atoms with E-state index in [-0.39, 0.29) is 5.91 Å². The molecule has 2 aliphatic rings. The van der Waals surface area contributed by atoms with E-state index in [0.717, 1.165) is 29.7 Å². The fourth-order valence-electron chi connectivity index (χ4n) is 3.29. The van der Waals surface area contributed by atoms with Gasteiger partial charge in [-0.25, -0.2) is 0 Å². The van der Waals surface area contributed by atoms with Gasteiger partial charge in [0.05, 0.1) is 4.91 Å². The Morgan fingerprint density at radius 1 is 1.00 bits per heavy atom. The zero-order valence-corrected chi connectivity index (χ0v) is 15.7. The van der Waals surface area contributed by atoms with Crippen molar-refractivity contribution in [3.05, 3.63) is 65.1 Å². The van der Waals surface area contributed by atoms with Crippen molar-refractivity contribution in [1.82, 2.24) is 4.90 Å². The van der Waals surface area contributed by atoms with Crippen LogP contribution in [0.15, 0.2) is 64.5 Å². The highest BCUT2D eigenvalue weighted by atomic mass is 32.2. The van der Waals surface area contributed by atoms with E-state index in [0.29, 0.717) is 4.91 Å². The molecule has 4 rings (SSSR count). The maximum atomic E-state index is 12.3. The van der Waals surface area contributed by atoms with Crippen molar-refractivity contribution in [2.45, 2.75) is 19.8 Å². The molecule has 2 aliphatic heterocycles. The minimum atomic E-state index is -0.115. The third kappa shape index (κ3) is 3.75. The van der Waals surface area contributed by atoms with Crippen LogP contribution in [0.4, 0.5) is 0 Å². The van der Waals surface area contributed by atoms with Crippen molar-refractivity contribution in [2.75, 3.05) is 13.1 Å². The van der Waals surface area contributed by atoms with Crippen LogP contribution >= 0.6 is 11.8 Å². The third-order valence-corrected chi connectivity index (χ3v) is 6.02. The summed E-state index contributed by atoms with van der Waals surface area (Å²) in [7, 11) is 0. The quantitative estimate of drug-likeness (QED) is 0.700. The van der Waals surface area contributed by atoms with E-state index in [1.165, 1.54) is 35.7 Å². The molecule has 0 bridgehead atoms. The fourth-order valence-corrected chi connectivity index (χ4v) is 4.25. The first kappa shape index (κ1) is 17.1. The van der Waals surface area contributed by atoms with Crippen LogP contribution in [0.5, 0.6) is 0 Å². The molecule has 0 radical (unpaired) electrons. The van der Waals surface area contributed by atoms with Gasteiger partial charge in [0.25, 0.3) is 5.91 Å². The third-order valence-electron chi connectivity index (χ3n) is 4.98. The Morgan fingerprint density at radius 2 is 1.65 bits per heavy atom. The number of thioether (sulfide) groups is 1. The van der Waals surface area contributed by atoms with Crippen molar-refractivity contribution in [3.8, 4) is 11.1 Å². The minimum absolute atomic E-state index is 0.115. The Balaban J connectivity index is 1.46. The van der Waals surface area contributed by atoms with Crippen LogP contribution in [-0.4, -0.2) is 29.1 Å². The molecule has 1 saturated heterocycles. The normalized spacial score (nSPS) is 19.9. The van der Waals surface area contributed by atoms with E-state index >= 15 is 0 Å². The number of piperidine rings is 1. The monoisotopic (exact) mass is 362 g/mol. The summed E-state index contributed by atoms with van der Waals surface area (Å²) >= 11 is 1.51. The maximum absolute atomic E-state index is 12.3. The molecule has 1 amide bonds. The smallest absolute Gasteiger partial charge is 0.286 e. The summed E-state index contributed by atoms with van der Waals surface area (Å²) in [4.78, 5) is 19.5. The fraction of sp³-hybridized carbons (Fsp3) is 0.273. The largest absolute Gasteiger partial charge is 0.351 e. The Morgan fingerprint density at radius 3 is 2.35 bits per heavy atom. The van der Waals surface area contributed by atoms with Gasteiger partial charge in [0.15, 0.2) is 5.17 Å². The van der Waals surface area contributed by atoms with Crippen LogP contribution in [-0.2, 0) is 4.79 Å². The van der Waals surface area contributed by atoms with Crippen LogP contribution < -0.4 is 0 Å². The van der Waals surface area contributed by atoms with Gasteiger partial charge >= 0.3 is 0 Å². The van der Waals surface area contributed by atoms with Crippen LogP contribution in [0.1, 0.15) is 25.3 Å². The standard InChI is InChI=1S/C22H22N2OS/c1-16-11-13-24(14-12-16)22-23-21(25)20(26-22)15-17-7-9-19(10-8-17)18-5-3-2-4-6-18/h2-10,15-16H,11-14H2,1H3/b20-15-. The average Bonchev–Trinajstić information content (AvgIpc) is 3.04. The number of carbonyl (C=O) groups excluding carboxylic acids is 1. The molecule has 2 heterocycles. The highest BCUT2D eigenvalue weighted by Crippen LogP contribution is 2.32. The first-order valence-corrected chi connectivity index (χ1v) is 9.94. The van der Waals surface area contributed by atoms with Crippen molar-refractivity contribution >= 4 is 28.9 Å². The highest BCUT2D eigenvalue weighted by molar-refractivity contribution is 8.18. The van der Waals surface area contributed by atoms with Gasteiger partial charge in [-0.3, -0.25) is 4.79 Å². The van der Waals surface area contributed by atoms with Gasteiger partial charge in [-0.15, -0.1) is 0 Å². The van der Waals surface area contributed by atoms with E-state index < -0.39 is 0 Å². The molecular formula is C22H22N2OS. The summed E-state index contributed by atoms with van der Waals surface area (Å²) in [5.41, 5.74) is 3.41. The number of hydrogen-bond acceptors (Lipinski definition) is 3. The molecule has 26 heavy (non-hydrogen) atoms. The van der Waals surface area contributed by atoms with Gasteiger partial charge in [0.2, 0.25) is 0 Å². The number of hydrogen-bond donors (Lipinski definition) is 0. The van der Waals surface area contributed by atoms with Gasteiger partial charge < -0.3 is 4.90 Å². The summed E-state index contributed by atoms with van der Waals surface area (Å²) in [6, 6.07) is 18.6. The van der Waals surface area contributed by atoms with Gasteiger partial charge in [-0.05, 0) is 53.3 Å². The zero-order valence-electron chi connectivity index (χ0n) is 14.9. The van der Waals surface area contributed by atoms with Gasteiger partial charge in [0, 0.05) is 13.1 Å². The van der Waals surface area contributed by atoms with E-state index in [1.54, 1.807) is 0 Å². The van der Waals surface area contributed by atoms with E-state index in [1.807, 2.05) is 24.3 Å². The molecule has 0 aliphatic carbocycles. The lowest BCUT2D eigenvalue weighted by Crippen LogP contribution is -2.35. The second-order valence-electron chi connectivity index (χ2n) is 6.97. The molecule has 4 heteroatoms. The van der Waals surface area contributed by atoms with Crippen LogP contribution in [0, 0.1) is 5.92 Å². The first-order valence-electron chi connectivity index (χ1n) is 9.12. The Kier molecular flexibility index (Phi) is 4.93. The number of amides is 1. The molecule has 2 aromatic rings. The molecule has 0 spiro atoms. The Hall–Kier alpha value is -2.33. The first-order chi connectivity index (χ1) is 12.7. The van der Waals surface area contributed by atoms with Gasteiger partial charge in [-0.2, -0.15) is 4.99 Å². The number of likely N-dealkylation sites (tertiary alicyclic amines) is 1. The van der Waals surface area contributed by atoms with Crippen molar-refractivity contribution < 1.29 is 4.79 Å². The predicted octanol–water partition coefficient (Wildman–Crippen LogP) is 5.06. The van der Waals surface area contributed by atoms with E-state index in [2.05, 4.69) is 53.2 Å². The minimum Gasteiger partial charge on any atom is -0.351 e. The molecule has 1 fully saturated rings. The molecule has 0 unspecified atom stereocenters. The lowest BCUT2D eigenvalue weighted by molar-refractivity contribution is -0.113. The summed E-state index contributed by atoms with van der Waals surface area (Å²) in [5.74, 6) is 0.655. The zero-order chi connectivity index (χ0) is 17.9. The number of nitrogens with zero attached hydrogens (tertiary/aromatic N) is 2. The molecule has 0 saturated carbocycles. The molecular weight excluding hydrogens is 340 g/mol. The maximum Gasteiger partial charge on any atom is 0.286 e. The molecule has 0 atom stereocenters. The average molecular weight is 362 g/mol. The molecule has 0 aromatic heterocycles. The summed E-state index contributed by atoms with van der Waals surface area (Å²) in [5, 5.41) is 0.869. The number of amidine groups is 1. The molecule has 2 aromatic carbocycles. The van der Waals surface area contributed by atoms with Crippen molar-refractivity contribution in [2.24, 2.45) is 10.9 Å². The van der Waals surface area contributed by atoms with E-state index in [4.69, 9.17) is 0 Å². The number of aliphatic imine (C=N–C) groups is 1. The van der Waals surface area contributed by atoms with E-state index in [9.17, 15) is 4.79 Å². The predicted molar refractivity (Wildman–Crippen MR) is 110 cm³/mol. The SMILES string of the molecule is CC1CCN(C2=NC(=O)/C(=C/c3ccc(-c4ccccc4)cc3)S2)CC1. The lowest BCUT2D eigenvalue weighted by atomic mass is 10.00. The highest BCUT2D eigenvalue weighted by Gasteiger charge is 2.28. The molecule has 3 nitrogen and oxygen atoms in total. The summed E-state index contributed by atoms with van der Waals surface area (Å²) < 4.78 is 0.